The lowest BCUT2D eigenvalue weighted by Crippen LogP contribution is -2.49. The number of carbonyl (C=O) groups is 1. The zero-order valence-corrected chi connectivity index (χ0v) is 22.2. The number of carbonyl (C=O) groups excluding carboxylic acids is 1. The molecule has 2 aromatic rings. The molecule has 230 valence electrons. The van der Waals surface area contributed by atoms with Crippen LogP contribution in [0.4, 0.5) is 4.79 Å². The first-order valence-corrected chi connectivity index (χ1v) is 12.9. The van der Waals surface area contributed by atoms with E-state index in [1.165, 1.54) is 0 Å². The van der Waals surface area contributed by atoms with Gasteiger partial charge in [-0.15, -0.1) is 0 Å². The summed E-state index contributed by atoms with van der Waals surface area (Å²) in [5.74, 6) is -0.106. The molecule has 0 saturated heterocycles. The van der Waals surface area contributed by atoms with E-state index in [0.717, 1.165) is 22.3 Å². The summed E-state index contributed by atoms with van der Waals surface area (Å²) in [5, 5.41) is 93.8. The number of hydrogen-bond acceptors (Lipinski definition) is 13. The fraction of sp³-hybridized carbons (Fsp3) is 0.519. The highest BCUT2D eigenvalue weighted by atomic mass is 16.5. The maximum atomic E-state index is 12.0. The summed E-state index contributed by atoms with van der Waals surface area (Å²) in [4.78, 5) is 12.0. The molecule has 0 spiro atoms. The molecule has 3 rings (SSSR count). The highest BCUT2D eigenvalue weighted by Gasteiger charge is 2.32. The summed E-state index contributed by atoms with van der Waals surface area (Å²) < 4.78 is 5.30. The van der Waals surface area contributed by atoms with Gasteiger partial charge in [-0.1, -0.05) is 48.5 Å². The number of alkyl carbamates (subject to hydrolysis) is 1. The third-order valence-electron chi connectivity index (χ3n) is 6.69. The van der Waals surface area contributed by atoms with E-state index in [0.29, 0.717) is 0 Å². The zero-order valence-electron chi connectivity index (χ0n) is 22.2. The smallest absolute Gasteiger partial charge is 0.407 e. The average Bonchev–Trinajstić information content (AvgIpc) is 3.33. The Hall–Kier alpha value is -2.73. The molecular formula is C27H40N2O12. The van der Waals surface area contributed by atoms with Gasteiger partial charge in [0, 0.05) is 19.0 Å². The van der Waals surface area contributed by atoms with E-state index in [9.17, 15) is 25.2 Å². The van der Waals surface area contributed by atoms with E-state index < -0.39 is 74.7 Å². The predicted molar refractivity (Wildman–Crippen MR) is 144 cm³/mol. The molecule has 8 atom stereocenters. The lowest BCUT2D eigenvalue weighted by molar-refractivity contribution is -0.113. The Balaban J connectivity index is 0.000000415. The number of fused-ring (bicyclic) bond motifs is 3. The second kappa shape index (κ2) is 16.6. The Morgan fingerprint density at radius 3 is 1.56 bits per heavy atom. The summed E-state index contributed by atoms with van der Waals surface area (Å²) in [6.45, 7) is -1.98. The van der Waals surface area contributed by atoms with Gasteiger partial charge < -0.3 is 66.9 Å². The average molecular weight is 585 g/mol. The topological polar surface area (TPSA) is 267 Å². The molecule has 1 amide bonds. The fourth-order valence-electron chi connectivity index (χ4n) is 4.22. The number of nitrogens with two attached hydrogens (primary N) is 1. The number of ether oxygens (including phenoxy) is 1. The molecule has 0 fully saturated rings. The first-order chi connectivity index (χ1) is 19.5. The van der Waals surface area contributed by atoms with Crippen molar-refractivity contribution in [3.8, 4) is 11.1 Å². The van der Waals surface area contributed by atoms with Gasteiger partial charge in [0.25, 0.3) is 0 Å². The van der Waals surface area contributed by atoms with Crippen LogP contribution in [0.1, 0.15) is 17.0 Å². The summed E-state index contributed by atoms with van der Waals surface area (Å²) in [6.07, 6.45) is -13.3. The second-order valence-corrected chi connectivity index (χ2v) is 9.54. The SMILES string of the molecule is NCC(O)C(O)C(O)C(O)CO.O=C(NCC(O)C(O)C(O)C(O)CO)OCC1c2ccccc2-c2ccccc21. The van der Waals surface area contributed by atoms with E-state index in [1.54, 1.807) is 0 Å². The van der Waals surface area contributed by atoms with Crippen molar-refractivity contribution in [1.29, 1.82) is 0 Å². The number of aliphatic hydroxyl groups is 10. The summed E-state index contributed by atoms with van der Waals surface area (Å²) in [5.41, 5.74) is 9.33. The molecule has 41 heavy (non-hydrogen) atoms. The molecule has 8 unspecified atom stereocenters. The van der Waals surface area contributed by atoms with Gasteiger partial charge in [0.05, 0.1) is 25.4 Å². The first kappa shape index (κ1) is 34.5. The van der Waals surface area contributed by atoms with Crippen LogP contribution in [0.3, 0.4) is 0 Å². The molecular weight excluding hydrogens is 544 g/mol. The molecule has 0 aromatic heterocycles. The maximum Gasteiger partial charge on any atom is 0.407 e. The molecule has 0 bridgehead atoms. The standard InChI is InChI=1S/C21H25NO7.C6H15NO5/c23-10-18(25)20(27)19(26)17(24)9-22-21(28)29-11-16-14-7-3-1-5-12(14)13-6-2-4-8-15(13)16;7-1-3(9)5(11)6(12)4(10)2-8/h1-8,16-20,23-27H,9-11H2,(H,22,28);3-6,8-12H,1-2,7H2. The third-order valence-corrected chi connectivity index (χ3v) is 6.69. The van der Waals surface area contributed by atoms with Gasteiger partial charge in [0.15, 0.2) is 0 Å². The Bertz CT molecular complexity index is 1020. The molecule has 0 aliphatic heterocycles. The van der Waals surface area contributed by atoms with Crippen LogP contribution in [-0.4, -0.2) is 139 Å². The van der Waals surface area contributed by atoms with Crippen molar-refractivity contribution in [3.63, 3.8) is 0 Å². The van der Waals surface area contributed by atoms with Gasteiger partial charge >= 0.3 is 6.09 Å². The van der Waals surface area contributed by atoms with E-state index in [-0.39, 0.29) is 19.1 Å². The van der Waals surface area contributed by atoms with Gasteiger partial charge in [-0.3, -0.25) is 0 Å². The van der Waals surface area contributed by atoms with E-state index in [4.69, 9.17) is 41.1 Å². The van der Waals surface area contributed by atoms with Crippen LogP contribution < -0.4 is 11.1 Å². The summed E-state index contributed by atoms with van der Waals surface area (Å²) >= 11 is 0. The Morgan fingerprint density at radius 2 is 1.12 bits per heavy atom. The van der Waals surface area contributed by atoms with Gasteiger partial charge in [0.1, 0.15) is 43.2 Å². The zero-order chi connectivity index (χ0) is 30.7. The highest BCUT2D eigenvalue weighted by molar-refractivity contribution is 5.79. The van der Waals surface area contributed by atoms with Crippen LogP contribution in [-0.2, 0) is 4.74 Å². The minimum Gasteiger partial charge on any atom is -0.449 e. The van der Waals surface area contributed by atoms with Gasteiger partial charge in [0.2, 0.25) is 0 Å². The minimum absolute atomic E-state index is 0.102. The van der Waals surface area contributed by atoms with Crippen LogP contribution in [0.15, 0.2) is 48.5 Å². The number of rotatable bonds is 13. The van der Waals surface area contributed by atoms with Crippen LogP contribution in [0, 0.1) is 0 Å². The van der Waals surface area contributed by atoms with Crippen molar-refractivity contribution in [2.75, 3.05) is 32.9 Å². The van der Waals surface area contributed by atoms with Crippen LogP contribution in [0.5, 0.6) is 0 Å². The Morgan fingerprint density at radius 1 is 0.707 bits per heavy atom. The molecule has 14 nitrogen and oxygen atoms in total. The van der Waals surface area contributed by atoms with Crippen LogP contribution in [0.2, 0.25) is 0 Å². The summed E-state index contributed by atoms with van der Waals surface area (Å²) in [6, 6.07) is 15.8. The largest absolute Gasteiger partial charge is 0.449 e. The van der Waals surface area contributed by atoms with E-state index in [1.807, 2.05) is 48.5 Å². The van der Waals surface area contributed by atoms with E-state index >= 15 is 0 Å². The molecule has 1 aliphatic carbocycles. The van der Waals surface area contributed by atoms with Crippen molar-refractivity contribution in [3.05, 3.63) is 59.7 Å². The number of nitrogens with one attached hydrogen (secondary N) is 1. The molecule has 0 heterocycles. The van der Waals surface area contributed by atoms with Gasteiger partial charge in [-0.25, -0.2) is 4.79 Å². The highest BCUT2D eigenvalue weighted by Crippen LogP contribution is 2.44. The van der Waals surface area contributed by atoms with Crippen molar-refractivity contribution in [2.24, 2.45) is 5.73 Å². The third kappa shape index (κ3) is 9.13. The van der Waals surface area contributed by atoms with Crippen LogP contribution >= 0.6 is 0 Å². The first-order valence-electron chi connectivity index (χ1n) is 12.9. The number of amides is 1. The molecule has 13 N–H and O–H groups in total. The van der Waals surface area contributed by atoms with Crippen molar-refractivity contribution < 1.29 is 60.6 Å². The lowest BCUT2D eigenvalue weighted by atomic mass is 9.98. The lowest BCUT2D eigenvalue weighted by Gasteiger charge is -2.25. The Labute approximate surface area is 236 Å². The monoisotopic (exact) mass is 584 g/mol. The minimum atomic E-state index is -1.75. The second-order valence-electron chi connectivity index (χ2n) is 9.54. The van der Waals surface area contributed by atoms with E-state index in [2.05, 4.69) is 5.32 Å². The van der Waals surface area contributed by atoms with Gasteiger partial charge in [-0.2, -0.15) is 0 Å². The quantitative estimate of drug-likeness (QED) is 0.108. The number of benzene rings is 2. The molecule has 2 aromatic carbocycles. The Kier molecular flexibility index (Phi) is 14.0. The van der Waals surface area contributed by atoms with Crippen molar-refractivity contribution in [2.45, 2.75) is 54.7 Å². The van der Waals surface area contributed by atoms with Crippen LogP contribution in [0.25, 0.3) is 11.1 Å². The fourth-order valence-corrected chi connectivity index (χ4v) is 4.22. The normalized spacial score (nSPS) is 18.3. The molecule has 0 radical (unpaired) electrons. The van der Waals surface area contributed by atoms with Crippen molar-refractivity contribution in [1.82, 2.24) is 5.32 Å². The predicted octanol–water partition coefficient (Wildman–Crippen LogP) is -3.66. The number of hydrogen-bond donors (Lipinski definition) is 12. The molecule has 14 heteroatoms. The summed E-state index contributed by atoms with van der Waals surface area (Å²) in [7, 11) is 0. The van der Waals surface area contributed by atoms with Gasteiger partial charge in [-0.05, 0) is 22.3 Å². The molecule has 1 aliphatic rings. The van der Waals surface area contributed by atoms with Crippen molar-refractivity contribution >= 4 is 6.09 Å². The molecule has 0 saturated carbocycles. The number of aliphatic hydroxyl groups excluding tert-OH is 10. The maximum absolute atomic E-state index is 12.0.